The summed E-state index contributed by atoms with van der Waals surface area (Å²) in [6.45, 7) is 0.364. The lowest BCUT2D eigenvalue weighted by Crippen LogP contribution is -2.26. The van der Waals surface area contributed by atoms with E-state index >= 15 is 0 Å². The van der Waals surface area contributed by atoms with Crippen LogP contribution in [0.25, 0.3) is 27.5 Å². The number of hydrogen-bond acceptors (Lipinski definition) is 5. The van der Waals surface area contributed by atoms with Crippen LogP contribution in [0.1, 0.15) is 5.56 Å². The minimum Gasteiger partial charge on any atom is -0.351 e. The number of aromatic amines is 1. The van der Waals surface area contributed by atoms with Crippen LogP contribution in [0.2, 0.25) is 5.02 Å². The van der Waals surface area contributed by atoms with Gasteiger partial charge in [0.2, 0.25) is 5.91 Å². The minimum atomic E-state index is -0.244. The number of hydrogen-bond donors (Lipinski definition) is 2. The molecular weight excluding hydrogens is 458 g/mol. The Morgan fingerprint density at radius 3 is 2.76 bits per heavy atom. The molecule has 7 nitrogen and oxygen atoms in total. The Bertz CT molecular complexity index is 1540. The molecule has 3 aromatic carbocycles. The highest BCUT2D eigenvalue weighted by atomic mass is 35.5. The van der Waals surface area contributed by atoms with E-state index in [1.54, 1.807) is 16.7 Å². The maximum atomic E-state index is 13.4. The minimum absolute atomic E-state index is 0.0947. The van der Waals surface area contributed by atoms with Gasteiger partial charge in [-0.25, -0.2) is 4.98 Å². The number of benzene rings is 3. The van der Waals surface area contributed by atoms with Crippen molar-refractivity contribution in [3.63, 3.8) is 0 Å². The number of H-pyrrole nitrogens is 1. The third kappa shape index (κ3) is 4.35. The van der Waals surface area contributed by atoms with E-state index in [-0.39, 0.29) is 17.2 Å². The fourth-order valence-electron chi connectivity index (χ4n) is 3.62. The summed E-state index contributed by atoms with van der Waals surface area (Å²) in [4.78, 5) is 30.5. The lowest BCUT2D eigenvalue weighted by Gasteiger charge is -2.14. The maximum absolute atomic E-state index is 13.4. The molecule has 2 N–H and O–H groups in total. The Labute approximate surface area is 197 Å². The van der Waals surface area contributed by atoms with E-state index < -0.39 is 0 Å². The van der Waals surface area contributed by atoms with Crippen molar-refractivity contribution in [3.8, 4) is 5.69 Å². The van der Waals surface area contributed by atoms with Gasteiger partial charge in [-0.05, 0) is 29.1 Å². The number of rotatable bonds is 6. The number of thioether (sulfide) groups is 1. The van der Waals surface area contributed by atoms with Crippen LogP contribution in [-0.4, -0.2) is 31.4 Å². The van der Waals surface area contributed by atoms with Crippen LogP contribution < -0.4 is 10.9 Å². The average Bonchev–Trinajstić information content (AvgIpc) is 3.30. The van der Waals surface area contributed by atoms with Gasteiger partial charge < -0.3 is 5.32 Å². The molecule has 0 bridgehead atoms. The molecule has 0 spiro atoms. The first-order chi connectivity index (χ1) is 16.1. The zero-order valence-electron chi connectivity index (χ0n) is 17.3. The summed E-state index contributed by atoms with van der Waals surface area (Å²) in [7, 11) is 0. The molecule has 0 aliphatic carbocycles. The quantitative estimate of drug-likeness (QED) is 0.282. The van der Waals surface area contributed by atoms with Crippen LogP contribution in [0, 0.1) is 0 Å². The lowest BCUT2D eigenvalue weighted by atomic mass is 10.1. The van der Waals surface area contributed by atoms with Crippen molar-refractivity contribution in [1.29, 1.82) is 0 Å². The van der Waals surface area contributed by atoms with Gasteiger partial charge in [0.25, 0.3) is 5.56 Å². The molecule has 0 saturated carbocycles. The Morgan fingerprint density at radius 1 is 1.06 bits per heavy atom. The fourth-order valence-corrected chi connectivity index (χ4v) is 4.66. The van der Waals surface area contributed by atoms with Crippen LogP contribution >= 0.6 is 23.4 Å². The van der Waals surface area contributed by atoms with E-state index in [0.717, 1.165) is 16.3 Å². The Balaban J connectivity index is 1.46. The predicted octanol–water partition coefficient (Wildman–Crippen LogP) is 4.32. The number of nitrogens with one attached hydrogen (secondary N) is 2. The smallest absolute Gasteiger partial charge is 0.269 e. The normalized spacial score (nSPS) is 11.2. The van der Waals surface area contributed by atoms with Crippen molar-refractivity contribution >= 4 is 51.1 Å². The molecule has 2 heterocycles. The highest BCUT2D eigenvalue weighted by Crippen LogP contribution is 2.26. The molecule has 0 aliphatic heterocycles. The lowest BCUT2D eigenvalue weighted by molar-refractivity contribution is -0.118. The Hall–Kier alpha value is -3.62. The van der Waals surface area contributed by atoms with Crippen LogP contribution in [-0.2, 0) is 11.3 Å². The van der Waals surface area contributed by atoms with Gasteiger partial charge in [0.1, 0.15) is 5.39 Å². The average molecular weight is 476 g/mol. The largest absolute Gasteiger partial charge is 0.351 e. The summed E-state index contributed by atoms with van der Waals surface area (Å²) in [6.07, 6.45) is 1.47. The summed E-state index contributed by atoms with van der Waals surface area (Å²) < 4.78 is 1.55. The summed E-state index contributed by atoms with van der Waals surface area (Å²) in [5.41, 5.74) is 1.76. The van der Waals surface area contributed by atoms with Crippen molar-refractivity contribution in [1.82, 2.24) is 25.1 Å². The van der Waals surface area contributed by atoms with Crippen molar-refractivity contribution in [2.24, 2.45) is 0 Å². The van der Waals surface area contributed by atoms with E-state index in [2.05, 4.69) is 20.5 Å². The third-order valence-corrected chi connectivity index (χ3v) is 6.34. The topological polar surface area (TPSA) is 92.7 Å². The summed E-state index contributed by atoms with van der Waals surface area (Å²) >= 11 is 7.20. The molecule has 0 radical (unpaired) electrons. The van der Waals surface area contributed by atoms with Gasteiger partial charge in [-0.15, -0.1) is 0 Å². The zero-order valence-corrected chi connectivity index (χ0v) is 18.9. The summed E-state index contributed by atoms with van der Waals surface area (Å²) in [6, 6.07) is 20.9. The number of fused-ring (bicyclic) bond motifs is 2. The first-order valence-corrected chi connectivity index (χ1v) is 11.5. The van der Waals surface area contributed by atoms with Crippen molar-refractivity contribution in [3.05, 3.63) is 93.9 Å². The molecule has 0 unspecified atom stereocenters. The SMILES string of the molecule is O=C(CSc1nc2[nH]ncc2c(=O)n1-c1cccc2ccccc12)NCc1cccc(Cl)c1. The van der Waals surface area contributed by atoms with Crippen molar-refractivity contribution < 1.29 is 4.79 Å². The highest BCUT2D eigenvalue weighted by molar-refractivity contribution is 7.99. The van der Waals surface area contributed by atoms with Gasteiger partial charge in [0.15, 0.2) is 10.8 Å². The Morgan fingerprint density at radius 2 is 1.88 bits per heavy atom. The maximum Gasteiger partial charge on any atom is 0.269 e. The van der Waals surface area contributed by atoms with E-state index in [1.165, 1.54) is 18.0 Å². The zero-order chi connectivity index (χ0) is 22.8. The monoisotopic (exact) mass is 475 g/mol. The number of carbonyl (C=O) groups excluding carboxylic acids is 1. The molecule has 33 heavy (non-hydrogen) atoms. The van der Waals surface area contributed by atoms with Gasteiger partial charge in [-0.3, -0.25) is 19.3 Å². The van der Waals surface area contributed by atoms with Crippen molar-refractivity contribution in [2.45, 2.75) is 11.7 Å². The molecule has 0 fully saturated rings. The number of aromatic nitrogens is 4. The molecule has 0 aliphatic rings. The van der Waals surface area contributed by atoms with Crippen LogP contribution in [0.15, 0.2) is 82.9 Å². The molecule has 0 saturated heterocycles. The summed E-state index contributed by atoms with van der Waals surface area (Å²) in [5.74, 6) is -0.0827. The fraction of sp³-hybridized carbons (Fsp3) is 0.0833. The molecule has 2 aromatic heterocycles. The number of amides is 1. The standard InChI is InChI=1S/C24H18ClN5O2S/c25-17-8-3-5-15(11-17)12-26-21(31)14-33-24-28-22-19(13-27-29-22)23(32)30(24)20-10-4-7-16-6-1-2-9-18(16)20/h1-11,13H,12,14H2,(H,26,31)(H,27,29). The van der Waals surface area contributed by atoms with Crippen LogP contribution in [0.5, 0.6) is 0 Å². The second kappa shape index (κ2) is 9.09. The first kappa shape index (κ1) is 21.2. The van der Waals surface area contributed by atoms with E-state index in [9.17, 15) is 9.59 Å². The highest BCUT2D eigenvalue weighted by Gasteiger charge is 2.17. The molecular formula is C24H18ClN5O2S. The third-order valence-electron chi connectivity index (χ3n) is 5.17. The van der Waals surface area contributed by atoms with Gasteiger partial charge in [-0.2, -0.15) is 5.10 Å². The first-order valence-electron chi connectivity index (χ1n) is 10.2. The van der Waals surface area contributed by atoms with Gasteiger partial charge in [0.05, 0.1) is 17.6 Å². The number of nitrogens with zero attached hydrogens (tertiary/aromatic N) is 3. The van der Waals surface area contributed by atoms with Crippen LogP contribution in [0.3, 0.4) is 0 Å². The molecule has 0 atom stereocenters. The molecule has 5 rings (SSSR count). The molecule has 164 valence electrons. The molecule has 5 aromatic rings. The molecule has 9 heteroatoms. The second-order valence-corrected chi connectivity index (χ2v) is 8.74. The van der Waals surface area contributed by atoms with E-state index in [1.807, 2.05) is 54.6 Å². The number of carbonyl (C=O) groups is 1. The molecule has 1 amide bonds. The van der Waals surface area contributed by atoms with Gasteiger partial charge in [0, 0.05) is 17.0 Å². The van der Waals surface area contributed by atoms with Gasteiger partial charge >= 0.3 is 0 Å². The Kier molecular flexibility index (Phi) is 5.85. The summed E-state index contributed by atoms with van der Waals surface area (Å²) in [5, 5.41) is 12.9. The van der Waals surface area contributed by atoms with E-state index in [4.69, 9.17) is 11.6 Å². The van der Waals surface area contributed by atoms with Gasteiger partial charge in [-0.1, -0.05) is 71.9 Å². The number of halogens is 1. The predicted molar refractivity (Wildman–Crippen MR) is 131 cm³/mol. The second-order valence-electron chi connectivity index (χ2n) is 7.36. The van der Waals surface area contributed by atoms with Crippen molar-refractivity contribution in [2.75, 3.05) is 5.75 Å². The van der Waals surface area contributed by atoms with E-state index in [0.29, 0.717) is 33.4 Å². The van der Waals surface area contributed by atoms with Crippen LogP contribution in [0.4, 0.5) is 0 Å².